The number of fused-ring (bicyclic) bond motifs is 1. The lowest BCUT2D eigenvalue weighted by Crippen LogP contribution is -2.25. The highest BCUT2D eigenvalue weighted by Gasteiger charge is 2.28. The molecule has 1 unspecified atom stereocenters. The van der Waals surface area contributed by atoms with E-state index in [1.807, 2.05) is 48.1 Å². The van der Waals surface area contributed by atoms with Crippen LogP contribution in [0.5, 0.6) is 0 Å². The third-order valence-electron chi connectivity index (χ3n) is 5.19. The molecule has 0 amide bonds. The van der Waals surface area contributed by atoms with E-state index >= 15 is 0 Å². The van der Waals surface area contributed by atoms with Crippen molar-refractivity contribution in [1.29, 1.82) is 0 Å². The fourth-order valence-corrected chi connectivity index (χ4v) is 5.21. The van der Waals surface area contributed by atoms with Crippen LogP contribution in [-0.2, 0) is 23.6 Å². The predicted octanol–water partition coefficient (Wildman–Crippen LogP) is 2.96. The lowest BCUT2D eigenvalue weighted by molar-refractivity contribution is 0.564. The zero-order valence-electron chi connectivity index (χ0n) is 15.6. The van der Waals surface area contributed by atoms with Gasteiger partial charge in [0.05, 0.1) is 22.7 Å². The van der Waals surface area contributed by atoms with Gasteiger partial charge in [-0.15, -0.1) is 0 Å². The maximum absolute atomic E-state index is 12.1. The molecule has 1 aliphatic heterocycles. The van der Waals surface area contributed by atoms with Gasteiger partial charge in [-0.3, -0.25) is 8.99 Å². The number of nitrogens with one attached hydrogen (secondary N) is 1. The van der Waals surface area contributed by atoms with E-state index in [1.165, 1.54) is 4.31 Å². The molecular formula is C20H24N4O2S. The standard InChI is InChI=1S/C20H24N4O2S/c1-15(21-14-19-18-6-3-4-7-20(18)23(2)22-19)16-8-10-17(11-9-16)24-12-5-13-27(24,25)26/h3-4,6-11,15,21H,5,12-14H2,1-2H3. The van der Waals surface area contributed by atoms with Crippen molar-refractivity contribution in [1.82, 2.24) is 15.1 Å². The van der Waals surface area contributed by atoms with Gasteiger partial charge in [0.2, 0.25) is 10.0 Å². The van der Waals surface area contributed by atoms with E-state index in [-0.39, 0.29) is 11.8 Å². The van der Waals surface area contributed by atoms with Gasteiger partial charge in [-0.1, -0.05) is 30.3 Å². The molecule has 2 aromatic carbocycles. The summed E-state index contributed by atoms with van der Waals surface area (Å²) in [6.07, 6.45) is 0.695. The van der Waals surface area contributed by atoms with Crippen LogP contribution in [0.15, 0.2) is 48.5 Å². The molecule has 3 aromatic rings. The van der Waals surface area contributed by atoms with Gasteiger partial charge in [-0.25, -0.2) is 8.42 Å². The first-order valence-electron chi connectivity index (χ1n) is 9.20. The first-order chi connectivity index (χ1) is 13.0. The first kappa shape index (κ1) is 18.0. The third-order valence-corrected chi connectivity index (χ3v) is 7.06. The maximum atomic E-state index is 12.1. The number of anilines is 1. The molecule has 1 fully saturated rings. The van der Waals surface area contributed by atoms with Gasteiger partial charge in [0.1, 0.15) is 0 Å². The summed E-state index contributed by atoms with van der Waals surface area (Å²) in [6.45, 7) is 3.35. The van der Waals surface area contributed by atoms with Gasteiger partial charge in [0, 0.05) is 31.6 Å². The molecule has 0 spiro atoms. The molecule has 1 N–H and O–H groups in total. The topological polar surface area (TPSA) is 67.2 Å². The second-order valence-electron chi connectivity index (χ2n) is 7.02. The van der Waals surface area contributed by atoms with Crippen molar-refractivity contribution in [3.63, 3.8) is 0 Å². The van der Waals surface area contributed by atoms with E-state index in [1.54, 1.807) is 0 Å². The fraction of sp³-hybridized carbons (Fsp3) is 0.350. The van der Waals surface area contributed by atoms with E-state index in [4.69, 9.17) is 0 Å². The highest BCUT2D eigenvalue weighted by atomic mass is 32.2. The molecule has 6 nitrogen and oxygen atoms in total. The number of sulfonamides is 1. The highest BCUT2D eigenvalue weighted by molar-refractivity contribution is 7.93. The third kappa shape index (κ3) is 3.44. The molecule has 2 heterocycles. The van der Waals surface area contributed by atoms with E-state index in [0.717, 1.165) is 27.8 Å². The van der Waals surface area contributed by atoms with Gasteiger partial charge in [-0.05, 0) is 37.1 Å². The summed E-state index contributed by atoms with van der Waals surface area (Å²) in [5, 5.41) is 9.30. The van der Waals surface area contributed by atoms with E-state index < -0.39 is 10.0 Å². The van der Waals surface area contributed by atoms with Gasteiger partial charge < -0.3 is 5.32 Å². The minimum atomic E-state index is -3.13. The van der Waals surface area contributed by atoms with Crippen LogP contribution in [0.1, 0.15) is 30.6 Å². The SMILES string of the molecule is CC(NCc1nn(C)c2ccccc12)c1ccc(N2CCCS2(=O)=O)cc1. The van der Waals surface area contributed by atoms with Crippen molar-refractivity contribution in [2.24, 2.45) is 7.05 Å². The first-order valence-corrected chi connectivity index (χ1v) is 10.8. The second-order valence-corrected chi connectivity index (χ2v) is 9.04. The molecule has 4 rings (SSSR count). The zero-order valence-corrected chi connectivity index (χ0v) is 16.4. The summed E-state index contributed by atoms with van der Waals surface area (Å²) < 4.78 is 27.5. The number of aromatic nitrogens is 2. The molecule has 27 heavy (non-hydrogen) atoms. The Morgan fingerprint density at radius 3 is 2.59 bits per heavy atom. The number of aryl methyl sites for hydroxylation is 1. The minimum Gasteiger partial charge on any atom is -0.304 e. The zero-order chi connectivity index (χ0) is 19.0. The molecule has 0 bridgehead atoms. The van der Waals surface area contributed by atoms with Crippen LogP contribution in [0.3, 0.4) is 0 Å². The molecule has 0 aliphatic carbocycles. The van der Waals surface area contributed by atoms with Crippen molar-refractivity contribution < 1.29 is 8.42 Å². The van der Waals surface area contributed by atoms with Crippen LogP contribution in [0.2, 0.25) is 0 Å². The van der Waals surface area contributed by atoms with E-state index in [0.29, 0.717) is 19.5 Å². The normalized spacial score (nSPS) is 17.5. The molecule has 0 radical (unpaired) electrons. The number of para-hydroxylation sites is 1. The van der Waals surface area contributed by atoms with Crippen molar-refractivity contribution >= 4 is 26.6 Å². The van der Waals surface area contributed by atoms with E-state index in [2.05, 4.69) is 29.5 Å². The smallest absolute Gasteiger partial charge is 0.235 e. The largest absolute Gasteiger partial charge is 0.304 e. The Kier molecular flexibility index (Phi) is 4.65. The van der Waals surface area contributed by atoms with Gasteiger partial charge in [-0.2, -0.15) is 5.10 Å². The summed E-state index contributed by atoms with van der Waals surface area (Å²) >= 11 is 0. The summed E-state index contributed by atoms with van der Waals surface area (Å²) in [7, 11) is -1.17. The van der Waals surface area contributed by atoms with Gasteiger partial charge >= 0.3 is 0 Å². The minimum absolute atomic E-state index is 0.134. The summed E-state index contributed by atoms with van der Waals surface area (Å²) in [5.41, 5.74) is 4.02. The summed E-state index contributed by atoms with van der Waals surface area (Å²) in [4.78, 5) is 0. The Morgan fingerprint density at radius 1 is 1.15 bits per heavy atom. The van der Waals surface area contributed by atoms with Gasteiger partial charge in [0.25, 0.3) is 0 Å². The average Bonchev–Trinajstić information content (AvgIpc) is 3.19. The quantitative estimate of drug-likeness (QED) is 0.734. The monoisotopic (exact) mass is 384 g/mol. The predicted molar refractivity (Wildman–Crippen MR) is 108 cm³/mol. The van der Waals surface area contributed by atoms with Crippen LogP contribution in [-0.4, -0.2) is 30.5 Å². The van der Waals surface area contributed by atoms with Crippen molar-refractivity contribution in [2.75, 3.05) is 16.6 Å². The Hall–Kier alpha value is -2.38. The maximum Gasteiger partial charge on any atom is 0.235 e. The van der Waals surface area contributed by atoms with Crippen LogP contribution in [0, 0.1) is 0 Å². The fourth-order valence-electron chi connectivity index (χ4n) is 3.65. The second kappa shape index (κ2) is 6.98. The number of rotatable bonds is 5. The van der Waals surface area contributed by atoms with E-state index in [9.17, 15) is 8.42 Å². The molecular weight excluding hydrogens is 360 g/mol. The number of nitrogens with zero attached hydrogens (tertiary/aromatic N) is 3. The van der Waals surface area contributed by atoms with Crippen LogP contribution in [0.25, 0.3) is 10.9 Å². The number of hydrogen-bond donors (Lipinski definition) is 1. The van der Waals surface area contributed by atoms with Crippen molar-refractivity contribution in [3.8, 4) is 0 Å². The Morgan fingerprint density at radius 2 is 1.89 bits per heavy atom. The molecule has 142 valence electrons. The van der Waals surface area contributed by atoms with Crippen LogP contribution < -0.4 is 9.62 Å². The molecule has 1 aliphatic rings. The average molecular weight is 385 g/mol. The lowest BCUT2D eigenvalue weighted by atomic mass is 10.1. The summed E-state index contributed by atoms with van der Waals surface area (Å²) in [6, 6.07) is 16.1. The lowest BCUT2D eigenvalue weighted by Gasteiger charge is -2.19. The van der Waals surface area contributed by atoms with Crippen LogP contribution >= 0.6 is 0 Å². The summed E-state index contributed by atoms with van der Waals surface area (Å²) in [5.74, 6) is 0.241. The Labute approximate surface area is 159 Å². The number of benzene rings is 2. The van der Waals surface area contributed by atoms with Crippen molar-refractivity contribution in [3.05, 3.63) is 59.8 Å². The molecule has 1 saturated heterocycles. The molecule has 7 heteroatoms. The molecule has 0 saturated carbocycles. The van der Waals surface area contributed by atoms with Gasteiger partial charge in [0.15, 0.2) is 0 Å². The number of hydrogen-bond acceptors (Lipinski definition) is 4. The Bertz CT molecular complexity index is 1060. The van der Waals surface area contributed by atoms with Crippen LogP contribution in [0.4, 0.5) is 5.69 Å². The highest BCUT2D eigenvalue weighted by Crippen LogP contribution is 2.26. The molecule has 1 aromatic heterocycles. The molecule has 1 atom stereocenters. The van der Waals surface area contributed by atoms with Crippen molar-refractivity contribution in [2.45, 2.75) is 25.9 Å². The Balaban J connectivity index is 1.46.